The fourth-order valence-corrected chi connectivity index (χ4v) is 0.566. The van der Waals surface area contributed by atoms with E-state index >= 15 is 0 Å². The van der Waals surface area contributed by atoms with Crippen molar-refractivity contribution in [1.82, 2.24) is 0 Å². The van der Waals surface area contributed by atoms with Gasteiger partial charge in [-0.15, -0.1) is 11.6 Å². The van der Waals surface area contributed by atoms with Crippen LogP contribution in [0.1, 0.15) is 12.8 Å². The highest BCUT2D eigenvalue weighted by atomic mass is 35.6. The zero-order valence-corrected chi connectivity index (χ0v) is 6.11. The number of hydrogen-bond donors (Lipinski definition) is 0. The molecule has 9 heavy (non-hydrogen) atoms. The van der Waals surface area contributed by atoms with Crippen LogP contribution in [0.15, 0.2) is 0 Å². The Morgan fingerprint density at radius 2 is 2.44 bits per heavy atom. The number of carbonyl (C=O) groups is 1. The first-order valence-corrected chi connectivity index (χ1v) is 3.49. The molecule has 0 spiro atoms. The zero-order chi connectivity index (χ0) is 7.11. The molecule has 0 saturated carbocycles. The fraction of sp³-hybridized carbons (Fsp3) is 0.750. The van der Waals surface area contributed by atoms with Crippen molar-refractivity contribution in [2.24, 2.45) is 0 Å². The van der Waals surface area contributed by atoms with Crippen LogP contribution < -0.4 is 4.66 Å². The van der Waals surface area contributed by atoms with Gasteiger partial charge in [0, 0.05) is 5.88 Å². The number of rotatable bonds is 4. The maximum atomic E-state index is 10.3. The summed E-state index contributed by atoms with van der Waals surface area (Å²) in [6.45, 7) is 0. The Morgan fingerprint density at radius 1 is 1.78 bits per heavy atom. The molecule has 3 nitrogen and oxygen atoms in total. The van der Waals surface area contributed by atoms with Crippen LogP contribution in [0.2, 0.25) is 0 Å². The lowest BCUT2D eigenvalue weighted by Crippen LogP contribution is -2.10. The van der Waals surface area contributed by atoms with Gasteiger partial charge < -0.3 is 4.66 Å². The molecular weight excluding hydrogens is 167 g/mol. The summed E-state index contributed by atoms with van der Waals surface area (Å²) < 4.78 is 13.4. The summed E-state index contributed by atoms with van der Waals surface area (Å²) in [6.07, 6.45) is 0.755. The molecule has 0 radical (unpaired) electrons. The van der Waals surface area contributed by atoms with Crippen LogP contribution in [-0.2, 0) is 9.08 Å². The SMILES string of the molecule is O=C(CCCCl)O[Cl+][O-]. The van der Waals surface area contributed by atoms with E-state index in [1.165, 1.54) is 0 Å². The molecule has 0 atom stereocenters. The second kappa shape index (κ2) is 6.13. The molecule has 0 aliphatic carbocycles. The number of halogens is 2. The molecule has 0 aromatic heterocycles. The lowest BCUT2D eigenvalue weighted by molar-refractivity contribution is -1.26. The maximum Gasteiger partial charge on any atom is 0.396 e. The Hall–Kier alpha value is 0.01000. The third kappa shape index (κ3) is 5.89. The van der Waals surface area contributed by atoms with Crippen LogP contribution in [0, 0.1) is 11.3 Å². The van der Waals surface area contributed by atoms with Crippen LogP contribution in [0.5, 0.6) is 0 Å². The highest BCUT2D eigenvalue weighted by Crippen LogP contribution is 1.93. The summed E-state index contributed by atoms with van der Waals surface area (Å²) in [6, 6.07) is 0. The molecule has 0 aliphatic heterocycles. The molecule has 0 aromatic carbocycles. The van der Waals surface area contributed by atoms with E-state index < -0.39 is 5.97 Å². The first-order valence-electron chi connectivity index (χ1n) is 2.34. The van der Waals surface area contributed by atoms with Crippen molar-refractivity contribution in [3.8, 4) is 0 Å². The summed E-state index contributed by atoms with van der Waals surface area (Å²) in [7, 11) is 0. The third-order valence-electron chi connectivity index (χ3n) is 0.632. The number of hydrogen-bond acceptors (Lipinski definition) is 3. The Labute approximate surface area is 62.0 Å². The smallest absolute Gasteiger partial charge is 0.396 e. The Kier molecular flexibility index (Phi) is 6.14. The molecule has 0 heterocycles. The van der Waals surface area contributed by atoms with Crippen molar-refractivity contribution in [1.29, 1.82) is 0 Å². The van der Waals surface area contributed by atoms with Crippen molar-refractivity contribution < 1.29 is 25.1 Å². The molecule has 0 N–H and O–H groups in total. The van der Waals surface area contributed by atoms with E-state index in [2.05, 4.69) is 4.29 Å². The second-order valence-electron chi connectivity index (χ2n) is 1.30. The maximum absolute atomic E-state index is 10.3. The van der Waals surface area contributed by atoms with Gasteiger partial charge in [0.15, 0.2) is 0 Å². The summed E-state index contributed by atoms with van der Waals surface area (Å²) in [5.41, 5.74) is 0. The molecule has 0 rings (SSSR count). The average molecular weight is 173 g/mol. The quantitative estimate of drug-likeness (QED) is 0.554. The standard InChI is InChI=1S/C4H6Cl2O3/c5-3-1-2-4(7)9-6-8/h1-3H2. The van der Waals surface area contributed by atoms with Crippen molar-refractivity contribution in [2.45, 2.75) is 12.8 Å². The van der Waals surface area contributed by atoms with Crippen molar-refractivity contribution in [2.75, 3.05) is 5.88 Å². The summed E-state index contributed by atoms with van der Waals surface area (Å²) in [5.74, 6) is -0.120. The van der Waals surface area contributed by atoms with E-state index in [1.54, 1.807) is 0 Å². The van der Waals surface area contributed by atoms with Gasteiger partial charge in [-0.05, 0) is 6.42 Å². The predicted octanol–water partition coefficient (Wildman–Crippen LogP) is -0.176. The van der Waals surface area contributed by atoms with Gasteiger partial charge in [-0.3, -0.25) is 0 Å². The van der Waals surface area contributed by atoms with Crippen molar-refractivity contribution in [3.05, 3.63) is 0 Å². The largest absolute Gasteiger partial charge is 0.495 e. The minimum Gasteiger partial charge on any atom is -0.495 e. The molecule has 0 unspecified atom stereocenters. The van der Waals surface area contributed by atoms with Gasteiger partial charge in [0.2, 0.25) is 0 Å². The molecular formula is C4H6Cl2O3. The summed E-state index contributed by atoms with van der Waals surface area (Å²) in [5, 5.41) is 0. The first-order chi connectivity index (χ1) is 4.31. The topological polar surface area (TPSA) is 49.4 Å². The molecule has 0 fully saturated rings. The highest BCUT2D eigenvalue weighted by molar-refractivity contribution is 6.17. The summed E-state index contributed by atoms with van der Waals surface area (Å²) >= 11 is 5.47. The van der Waals surface area contributed by atoms with Gasteiger partial charge in [0.1, 0.15) is 0 Å². The lowest BCUT2D eigenvalue weighted by Gasteiger charge is -1.87. The van der Waals surface area contributed by atoms with Gasteiger partial charge in [0.05, 0.1) is 6.42 Å². The van der Waals surface area contributed by atoms with Gasteiger partial charge in [-0.1, -0.05) is 0 Å². The van der Waals surface area contributed by atoms with Gasteiger partial charge in [-0.25, -0.2) is 4.79 Å². The Bertz CT molecular complexity index is 85.9. The van der Waals surface area contributed by atoms with Crippen LogP contribution in [0.3, 0.4) is 0 Å². The van der Waals surface area contributed by atoms with E-state index in [4.69, 9.17) is 11.6 Å². The monoisotopic (exact) mass is 172 g/mol. The zero-order valence-electron chi connectivity index (χ0n) is 4.60. The first kappa shape index (κ1) is 9.01. The van der Waals surface area contributed by atoms with Crippen molar-refractivity contribution >= 4 is 17.6 Å². The molecule has 54 valence electrons. The van der Waals surface area contributed by atoms with E-state index in [9.17, 15) is 9.45 Å². The minimum absolute atomic E-state index is 0.207. The van der Waals surface area contributed by atoms with Gasteiger partial charge in [0.25, 0.3) is 0 Å². The summed E-state index contributed by atoms with van der Waals surface area (Å²) in [4.78, 5) is 10.3. The van der Waals surface area contributed by atoms with Gasteiger partial charge in [-0.2, -0.15) is 4.29 Å². The van der Waals surface area contributed by atoms with Crippen LogP contribution >= 0.6 is 11.6 Å². The number of alkyl halides is 1. The number of carbonyl (C=O) groups excluding carboxylic acids is 1. The van der Waals surface area contributed by atoms with Crippen LogP contribution in [0.25, 0.3) is 0 Å². The molecule has 0 aromatic rings. The van der Waals surface area contributed by atoms with Crippen molar-refractivity contribution in [3.63, 3.8) is 0 Å². The minimum atomic E-state index is -0.529. The third-order valence-corrected chi connectivity index (χ3v) is 1.13. The Morgan fingerprint density at radius 3 is 2.89 bits per heavy atom. The molecule has 0 saturated heterocycles. The van der Waals surface area contributed by atoms with E-state index in [1.807, 2.05) is 0 Å². The Balaban J connectivity index is 3.06. The van der Waals surface area contributed by atoms with Crippen LogP contribution in [-0.4, -0.2) is 11.8 Å². The van der Waals surface area contributed by atoms with E-state index in [0.717, 1.165) is 0 Å². The average Bonchev–Trinajstić information content (AvgIpc) is 1.85. The predicted molar refractivity (Wildman–Crippen MR) is 26.0 cm³/mol. The lowest BCUT2D eigenvalue weighted by atomic mass is 10.3. The van der Waals surface area contributed by atoms with E-state index in [0.29, 0.717) is 12.3 Å². The second-order valence-corrected chi connectivity index (χ2v) is 1.96. The fourth-order valence-electron chi connectivity index (χ4n) is 0.285. The highest BCUT2D eigenvalue weighted by Gasteiger charge is 2.06. The molecule has 5 heteroatoms. The molecule has 0 amide bonds. The van der Waals surface area contributed by atoms with Crippen LogP contribution in [0.4, 0.5) is 0 Å². The molecule has 0 bridgehead atoms. The molecule has 0 aliphatic rings. The van der Waals surface area contributed by atoms with Gasteiger partial charge >= 0.3 is 17.3 Å². The normalized spacial score (nSPS) is 9.11. The van der Waals surface area contributed by atoms with E-state index in [-0.39, 0.29) is 17.7 Å².